The molecule has 1 aliphatic heterocycles. The minimum atomic E-state index is -0.910. The lowest BCUT2D eigenvalue weighted by atomic mass is 10.1. The molecule has 0 unspecified atom stereocenters. The second-order valence-electron chi connectivity index (χ2n) is 3.35. The highest BCUT2D eigenvalue weighted by atomic mass is 16.4. The van der Waals surface area contributed by atoms with Gasteiger partial charge < -0.3 is 15.7 Å². The first-order valence-electron chi connectivity index (χ1n) is 4.55. The monoisotopic (exact) mass is 205 g/mol. The van der Waals surface area contributed by atoms with Crippen molar-refractivity contribution in [2.45, 2.75) is 6.54 Å². The fourth-order valence-corrected chi connectivity index (χ4v) is 1.53. The Kier molecular flexibility index (Phi) is 2.29. The highest BCUT2D eigenvalue weighted by Gasteiger charge is 2.18. The molecular weight excluding hydrogens is 194 g/mol. The van der Waals surface area contributed by atoms with Crippen LogP contribution in [0.2, 0.25) is 0 Å². The van der Waals surface area contributed by atoms with Gasteiger partial charge in [0, 0.05) is 6.54 Å². The molecule has 1 heterocycles. The number of rotatable bonds is 2. The largest absolute Gasteiger partial charge is 0.480 e. The molecule has 0 aliphatic carbocycles. The van der Waals surface area contributed by atoms with E-state index in [1.165, 1.54) is 4.90 Å². The Balaban J connectivity index is 2.28. The van der Waals surface area contributed by atoms with Crippen molar-refractivity contribution in [3.8, 4) is 0 Å². The molecule has 0 atom stereocenters. The normalized spacial score (nSPS) is 14.4. The number of benzene rings is 1. The predicted octanol–water partition coefficient (Wildman–Crippen LogP) is 0.533. The Hall–Kier alpha value is -2.04. The van der Waals surface area contributed by atoms with Crippen LogP contribution in [0.1, 0.15) is 5.56 Å². The third-order valence-electron chi connectivity index (χ3n) is 2.24. The maximum Gasteiger partial charge on any atom is 0.323 e. The number of carboxylic acid groups (broad SMARTS) is 1. The molecule has 15 heavy (non-hydrogen) atoms. The van der Waals surface area contributed by atoms with Gasteiger partial charge in [-0.25, -0.2) is 4.99 Å². The molecule has 1 aromatic carbocycles. The molecule has 0 spiro atoms. The molecule has 2 rings (SSSR count). The summed E-state index contributed by atoms with van der Waals surface area (Å²) in [5.41, 5.74) is 7.46. The van der Waals surface area contributed by atoms with Crippen LogP contribution in [-0.4, -0.2) is 28.5 Å². The summed E-state index contributed by atoms with van der Waals surface area (Å²) in [6, 6.07) is 7.55. The molecule has 0 saturated carbocycles. The van der Waals surface area contributed by atoms with Crippen molar-refractivity contribution in [3.63, 3.8) is 0 Å². The summed E-state index contributed by atoms with van der Waals surface area (Å²) < 4.78 is 0. The fourth-order valence-electron chi connectivity index (χ4n) is 1.53. The van der Waals surface area contributed by atoms with Crippen LogP contribution in [0, 0.1) is 0 Å². The summed E-state index contributed by atoms with van der Waals surface area (Å²) in [5.74, 6) is -0.649. The van der Waals surface area contributed by atoms with Crippen molar-refractivity contribution < 1.29 is 9.90 Å². The molecule has 0 radical (unpaired) electrons. The summed E-state index contributed by atoms with van der Waals surface area (Å²) >= 11 is 0. The van der Waals surface area contributed by atoms with Gasteiger partial charge in [-0.3, -0.25) is 4.79 Å². The van der Waals surface area contributed by atoms with E-state index in [1.54, 1.807) is 0 Å². The Morgan fingerprint density at radius 1 is 1.53 bits per heavy atom. The molecule has 1 aromatic rings. The summed E-state index contributed by atoms with van der Waals surface area (Å²) in [7, 11) is 0. The summed E-state index contributed by atoms with van der Waals surface area (Å²) in [4.78, 5) is 16.2. The zero-order valence-corrected chi connectivity index (χ0v) is 8.05. The molecule has 0 amide bonds. The minimum Gasteiger partial charge on any atom is -0.480 e. The first kappa shape index (κ1) is 9.51. The number of nitrogens with two attached hydrogens (primary N) is 1. The van der Waals surface area contributed by atoms with Crippen LogP contribution in [0.25, 0.3) is 0 Å². The van der Waals surface area contributed by atoms with Gasteiger partial charge in [-0.2, -0.15) is 0 Å². The maximum absolute atomic E-state index is 10.6. The number of hydrogen-bond acceptors (Lipinski definition) is 4. The number of fused-ring (bicyclic) bond motifs is 1. The molecule has 3 N–H and O–H groups in total. The summed E-state index contributed by atoms with van der Waals surface area (Å²) in [5, 5.41) is 8.68. The lowest BCUT2D eigenvalue weighted by Crippen LogP contribution is -2.41. The van der Waals surface area contributed by atoms with E-state index in [9.17, 15) is 4.79 Å². The van der Waals surface area contributed by atoms with E-state index in [1.807, 2.05) is 24.3 Å². The van der Waals surface area contributed by atoms with Gasteiger partial charge in [0.25, 0.3) is 0 Å². The highest BCUT2D eigenvalue weighted by molar-refractivity contribution is 5.86. The number of aliphatic imine (C=N–C) groups is 1. The van der Waals surface area contributed by atoms with Crippen LogP contribution in [0.5, 0.6) is 0 Å². The van der Waals surface area contributed by atoms with Crippen molar-refractivity contribution >= 4 is 17.6 Å². The minimum absolute atomic E-state index is 0.121. The topological polar surface area (TPSA) is 78.9 Å². The Labute approximate surface area is 86.8 Å². The third kappa shape index (κ3) is 1.90. The second-order valence-corrected chi connectivity index (χ2v) is 3.35. The van der Waals surface area contributed by atoms with Gasteiger partial charge in [-0.05, 0) is 11.6 Å². The Morgan fingerprint density at radius 2 is 2.27 bits per heavy atom. The second kappa shape index (κ2) is 3.61. The fraction of sp³-hybridized carbons (Fsp3) is 0.200. The molecule has 5 nitrogen and oxygen atoms in total. The van der Waals surface area contributed by atoms with Crippen LogP contribution in [-0.2, 0) is 11.3 Å². The van der Waals surface area contributed by atoms with Gasteiger partial charge in [-0.1, -0.05) is 18.2 Å². The number of nitrogens with zero attached hydrogens (tertiary/aromatic N) is 2. The van der Waals surface area contributed by atoms with Crippen LogP contribution in [0.3, 0.4) is 0 Å². The first-order valence-corrected chi connectivity index (χ1v) is 4.55. The zero-order chi connectivity index (χ0) is 10.8. The van der Waals surface area contributed by atoms with Gasteiger partial charge in [0.05, 0.1) is 5.69 Å². The van der Waals surface area contributed by atoms with E-state index in [0.29, 0.717) is 6.54 Å². The average Bonchev–Trinajstić information content (AvgIpc) is 2.18. The number of aliphatic carboxylic acids is 1. The Morgan fingerprint density at radius 3 is 3.00 bits per heavy atom. The van der Waals surface area contributed by atoms with Crippen molar-refractivity contribution in [3.05, 3.63) is 29.8 Å². The predicted molar refractivity (Wildman–Crippen MR) is 55.8 cm³/mol. The molecule has 0 aromatic heterocycles. The third-order valence-corrected chi connectivity index (χ3v) is 2.24. The maximum atomic E-state index is 10.6. The highest BCUT2D eigenvalue weighted by Crippen LogP contribution is 2.24. The van der Waals surface area contributed by atoms with E-state index >= 15 is 0 Å². The first-order chi connectivity index (χ1) is 7.16. The molecular formula is C10H11N3O2. The molecule has 0 bridgehead atoms. The van der Waals surface area contributed by atoms with Gasteiger partial charge >= 0.3 is 5.97 Å². The van der Waals surface area contributed by atoms with Crippen molar-refractivity contribution in [1.82, 2.24) is 4.90 Å². The van der Waals surface area contributed by atoms with Gasteiger partial charge in [0.2, 0.25) is 0 Å². The number of para-hydroxylation sites is 1. The SMILES string of the molecule is NC1=Nc2ccccc2CN1CC(=O)O. The molecule has 5 heteroatoms. The quantitative estimate of drug-likeness (QED) is 0.738. The van der Waals surface area contributed by atoms with Crippen LogP contribution < -0.4 is 5.73 Å². The number of guanidine groups is 1. The molecule has 78 valence electrons. The average molecular weight is 205 g/mol. The summed E-state index contributed by atoms with van der Waals surface area (Å²) in [6.45, 7) is 0.376. The molecule has 0 fully saturated rings. The number of carbonyl (C=O) groups is 1. The molecule has 1 aliphatic rings. The van der Waals surface area contributed by atoms with Gasteiger partial charge in [0.1, 0.15) is 6.54 Å². The van der Waals surface area contributed by atoms with Gasteiger partial charge in [0.15, 0.2) is 5.96 Å². The van der Waals surface area contributed by atoms with E-state index in [0.717, 1.165) is 11.3 Å². The standard InChI is InChI=1S/C10H11N3O2/c11-10-12-8-4-2-1-3-7(8)5-13(10)6-9(14)15/h1-4H,5-6H2,(H2,11,12)(H,14,15). The lowest BCUT2D eigenvalue weighted by Gasteiger charge is -2.26. The van der Waals surface area contributed by atoms with Crippen molar-refractivity contribution in [2.75, 3.05) is 6.54 Å². The zero-order valence-electron chi connectivity index (χ0n) is 8.05. The lowest BCUT2D eigenvalue weighted by molar-refractivity contribution is -0.137. The van der Waals surface area contributed by atoms with Crippen LogP contribution in [0.15, 0.2) is 29.3 Å². The van der Waals surface area contributed by atoms with Crippen molar-refractivity contribution in [1.29, 1.82) is 0 Å². The number of carboxylic acids is 1. The van der Waals surface area contributed by atoms with E-state index < -0.39 is 5.97 Å². The smallest absolute Gasteiger partial charge is 0.323 e. The van der Waals surface area contributed by atoms with E-state index in [4.69, 9.17) is 10.8 Å². The summed E-state index contributed by atoms with van der Waals surface area (Å²) in [6.07, 6.45) is 0. The van der Waals surface area contributed by atoms with Crippen LogP contribution >= 0.6 is 0 Å². The Bertz CT molecular complexity index is 428. The van der Waals surface area contributed by atoms with E-state index in [2.05, 4.69) is 4.99 Å². The van der Waals surface area contributed by atoms with E-state index in [-0.39, 0.29) is 12.5 Å². The van der Waals surface area contributed by atoms with Gasteiger partial charge in [-0.15, -0.1) is 0 Å². The van der Waals surface area contributed by atoms with Crippen LogP contribution in [0.4, 0.5) is 5.69 Å². The molecule has 0 saturated heterocycles. The number of hydrogen-bond donors (Lipinski definition) is 2. The van der Waals surface area contributed by atoms with Crippen molar-refractivity contribution in [2.24, 2.45) is 10.7 Å².